The van der Waals surface area contributed by atoms with Crippen LogP contribution in [0.3, 0.4) is 0 Å². The Morgan fingerprint density at radius 2 is 2.00 bits per heavy atom. The van der Waals surface area contributed by atoms with Crippen molar-refractivity contribution >= 4 is 5.91 Å². The van der Waals surface area contributed by atoms with Gasteiger partial charge in [-0.25, -0.2) is 0 Å². The van der Waals surface area contributed by atoms with Gasteiger partial charge in [0.2, 0.25) is 5.91 Å². The Bertz CT molecular complexity index is 323. The molecule has 118 valence electrons. The molecule has 1 rings (SSSR count). The van der Waals surface area contributed by atoms with Gasteiger partial charge in [0.1, 0.15) is 0 Å². The van der Waals surface area contributed by atoms with Crippen molar-refractivity contribution in [1.82, 2.24) is 10.2 Å². The summed E-state index contributed by atoms with van der Waals surface area (Å²) in [5.74, 6) is 0.0639. The lowest BCUT2D eigenvalue weighted by atomic mass is 9.91. The van der Waals surface area contributed by atoms with Crippen LogP contribution in [0.2, 0.25) is 0 Å². The lowest BCUT2D eigenvalue weighted by molar-refractivity contribution is -0.130. The molecule has 0 bridgehead atoms. The molecule has 1 saturated heterocycles. The normalized spacial score (nSPS) is 21.5. The number of nitrogens with zero attached hydrogens (tertiary/aromatic N) is 1. The number of hydrogen-bond acceptors (Lipinski definition) is 4. The Kier molecular flexibility index (Phi) is 5.98. The first-order valence-corrected chi connectivity index (χ1v) is 7.50. The predicted octanol–water partition coefficient (Wildman–Crippen LogP) is 1.15. The van der Waals surface area contributed by atoms with Crippen molar-refractivity contribution in [3.63, 3.8) is 0 Å². The largest absolute Gasteiger partial charge is 0.387 e. The average molecular weight is 286 g/mol. The van der Waals surface area contributed by atoms with Crippen LogP contribution in [0.5, 0.6) is 0 Å². The van der Waals surface area contributed by atoms with Gasteiger partial charge in [0.15, 0.2) is 0 Å². The van der Waals surface area contributed by atoms with Gasteiger partial charge in [0.25, 0.3) is 0 Å². The molecule has 0 saturated carbocycles. The number of nitrogens with one attached hydrogen (secondary N) is 1. The van der Waals surface area contributed by atoms with E-state index in [0.29, 0.717) is 19.4 Å². The van der Waals surface area contributed by atoms with E-state index in [1.54, 1.807) is 7.11 Å². The van der Waals surface area contributed by atoms with E-state index in [1.807, 2.05) is 20.8 Å². The molecule has 2 N–H and O–H groups in total. The summed E-state index contributed by atoms with van der Waals surface area (Å²) < 4.78 is 5.06. The van der Waals surface area contributed by atoms with Crippen LogP contribution in [0, 0.1) is 0 Å². The number of ether oxygens (including phenoxy) is 1. The zero-order valence-corrected chi connectivity index (χ0v) is 13.5. The Balaban J connectivity index is 2.50. The van der Waals surface area contributed by atoms with Crippen molar-refractivity contribution in [2.45, 2.75) is 64.1 Å². The smallest absolute Gasteiger partial charge is 0.237 e. The number of carbonyl (C=O) groups excluding carboxylic acids is 1. The van der Waals surface area contributed by atoms with E-state index in [1.165, 1.54) is 0 Å². The van der Waals surface area contributed by atoms with Crippen LogP contribution in [0.1, 0.15) is 47.0 Å². The number of hydrogen-bond donors (Lipinski definition) is 2. The van der Waals surface area contributed by atoms with Crippen LogP contribution < -0.4 is 5.32 Å². The highest BCUT2D eigenvalue weighted by atomic mass is 16.5. The molecule has 1 aliphatic heterocycles. The molecule has 1 amide bonds. The van der Waals surface area contributed by atoms with E-state index >= 15 is 0 Å². The number of amides is 1. The van der Waals surface area contributed by atoms with Gasteiger partial charge in [0.05, 0.1) is 18.2 Å². The van der Waals surface area contributed by atoms with Gasteiger partial charge in [-0.3, -0.25) is 9.69 Å². The minimum atomic E-state index is -0.732. The second kappa shape index (κ2) is 6.87. The average Bonchev–Trinajstić information content (AvgIpc) is 2.38. The monoisotopic (exact) mass is 286 g/mol. The van der Waals surface area contributed by atoms with Gasteiger partial charge >= 0.3 is 0 Å². The fourth-order valence-corrected chi connectivity index (χ4v) is 2.43. The van der Waals surface area contributed by atoms with Crippen LogP contribution in [0.25, 0.3) is 0 Å². The zero-order chi connectivity index (χ0) is 15.4. The molecule has 0 radical (unpaired) electrons. The lowest BCUT2D eigenvalue weighted by Gasteiger charge is -2.40. The summed E-state index contributed by atoms with van der Waals surface area (Å²) in [6, 6.07) is -0.159. The van der Waals surface area contributed by atoms with E-state index in [9.17, 15) is 9.90 Å². The molecule has 20 heavy (non-hydrogen) atoms. The number of methoxy groups -OCH3 is 1. The summed E-state index contributed by atoms with van der Waals surface area (Å²) in [5.41, 5.74) is -0.901. The molecular formula is C15H30N2O3. The molecule has 1 fully saturated rings. The van der Waals surface area contributed by atoms with Crippen molar-refractivity contribution in [3.8, 4) is 0 Å². The maximum atomic E-state index is 12.3. The van der Waals surface area contributed by atoms with Crippen molar-refractivity contribution < 1.29 is 14.6 Å². The first kappa shape index (κ1) is 17.4. The molecule has 0 aromatic heterocycles. The second-order valence-corrected chi connectivity index (χ2v) is 6.60. The first-order chi connectivity index (χ1) is 9.23. The topological polar surface area (TPSA) is 61.8 Å². The zero-order valence-electron chi connectivity index (χ0n) is 13.5. The third kappa shape index (κ3) is 4.72. The molecule has 0 aromatic rings. The molecule has 0 spiro atoms. The summed E-state index contributed by atoms with van der Waals surface area (Å²) in [4.78, 5) is 14.4. The fourth-order valence-electron chi connectivity index (χ4n) is 2.43. The minimum Gasteiger partial charge on any atom is -0.387 e. The number of piperidine rings is 1. The number of rotatable bonds is 6. The Hall–Kier alpha value is -0.650. The van der Waals surface area contributed by atoms with Gasteiger partial charge in [-0.1, -0.05) is 6.92 Å². The van der Waals surface area contributed by atoms with Crippen molar-refractivity contribution in [2.24, 2.45) is 0 Å². The third-order valence-corrected chi connectivity index (χ3v) is 4.41. The molecule has 1 atom stereocenters. The van der Waals surface area contributed by atoms with Gasteiger partial charge in [0, 0.05) is 25.7 Å². The van der Waals surface area contributed by atoms with Crippen LogP contribution >= 0.6 is 0 Å². The summed E-state index contributed by atoms with van der Waals surface area (Å²) in [5, 5.41) is 13.4. The maximum absolute atomic E-state index is 12.3. The minimum absolute atomic E-state index is 0.0639. The molecular weight excluding hydrogens is 256 g/mol. The molecule has 1 heterocycles. The number of likely N-dealkylation sites (tertiary alicyclic amines) is 1. The van der Waals surface area contributed by atoms with E-state index in [0.717, 1.165) is 19.5 Å². The highest BCUT2D eigenvalue weighted by Crippen LogP contribution is 2.24. The molecule has 0 aliphatic carbocycles. The Morgan fingerprint density at radius 1 is 1.45 bits per heavy atom. The Morgan fingerprint density at radius 3 is 2.45 bits per heavy atom. The van der Waals surface area contributed by atoms with Gasteiger partial charge in [-0.05, 0) is 40.0 Å². The maximum Gasteiger partial charge on any atom is 0.237 e. The number of aliphatic hydroxyl groups is 1. The second-order valence-electron chi connectivity index (χ2n) is 6.60. The van der Waals surface area contributed by atoms with Crippen LogP contribution in [0.15, 0.2) is 0 Å². The summed E-state index contributed by atoms with van der Waals surface area (Å²) >= 11 is 0. The van der Waals surface area contributed by atoms with Crippen LogP contribution in [-0.2, 0) is 9.53 Å². The van der Waals surface area contributed by atoms with Crippen molar-refractivity contribution in [1.29, 1.82) is 0 Å². The molecule has 0 aromatic carbocycles. The summed E-state index contributed by atoms with van der Waals surface area (Å²) in [6.07, 6.45) is 2.20. The highest BCUT2D eigenvalue weighted by molar-refractivity contribution is 5.82. The van der Waals surface area contributed by atoms with Gasteiger partial charge in [-0.15, -0.1) is 0 Å². The van der Waals surface area contributed by atoms with E-state index in [-0.39, 0.29) is 17.5 Å². The van der Waals surface area contributed by atoms with E-state index < -0.39 is 5.60 Å². The van der Waals surface area contributed by atoms with Crippen LogP contribution in [0.4, 0.5) is 0 Å². The predicted molar refractivity (Wildman–Crippen MR) is 79.6 cm³/mol. The van der Waals surface area contributed by atoms with Crippen molar-refractivity contribution in [3.05, 3.63) is 0 Å². The highest BCUT2D eigenvalue weighted by Gasteiger charge is 2.35. The molecule has 5 nitrogen and oxygen atoms in total. The summed E-state index contributed by atoms with van der Waals surface area (Å²) in [6.45, 7) is 9.88. The fraction of sp³-hybridized carbons (Fsp3) is 0.933. The quantitative estimate of drug-likeness (QED) is 0.769. The third-order valence-electron chi connectivity index (χ3n) is 4.41. The molecule has 5 heteroatoms. The number of carbonyl (C=O) groups is 1. The SMILES string of the molecule is CCC(C)(C)NC(=O)C(C)N1CCC(O)(COC)CC1. The standard InChI is InChI=1S/C15H30N2O3/c1-6-14(3,4)16-13(18)12(2)17-9-7-15(19,8-10-17)11-20-5/h12,19H,6-11H2,1-5H3,(H,16,18). The molecule has 1 unspecified atom stereocenters. The van der Waals surface area contributed by atoms with E-state index in [4.69, 9.17) is 4.74 Å². The lowest BCUT2D eigenvalue weighted by Crippen LogP contribution is -2.56. The van der Waals surface area contributed by atoms with E-state index in [2.05, 4.69) is 17.1 Å². The van der Waals surface area contributed by atoms with Crippen LogP contribution in [-0.4, -0.2) is 59.9 Å². The van der Waals surface area contributed by atoms with Gasteiger partial charge < -0.3 is 15.2 Å². The molecule has 1 aliphatic rings. The first-order valence-electron chi connectivity index (χ1n) is 7.50. The van der Waals surface area contributed by atoms with Gasteiger partial charge in [-0.2, -0.15) is 0 Å². The Labute approximate surface area is 122 Å². The van der Waals surface area contributed by atoms with Crippen molar-refractivity contribution in [2.75, 3.05) is 26.8 Å². The summed E-state index contributed by atoms with van der Waals surface area (Å²) in [7, 11) is 1.60.